The van der Waals surface area contributed by atoms with E-state index in [1.54, 1.807) is 29.2 Å². The zero-order valence-corrected chi connectivity index (χ0v) is 24.3. The fourth-order valence-corrected chi connectivity index (χ4v) is 5.52. The molecule has 214 valence electrons. The summed E-state index contributed by atoms with van der Waals surface area (Å²) in [4.78, 5) is 28.7. The number of nitrogens with zero attached hydrogens (tertiary/aromatic N) is 2. The Morgan fingerprint density at radius 3 is 2.08 bits per heavy atom. The van der Waals surface area contributed by atoms with Crippen LogP contribution in [0.15, 0.2) is 84.9 Å². The highest BCUT2D eigenvalue weighted by molar-refractivity contribution is 7.92. The number of ether oxygens (including phenoxy) is 1. The zero-order chi connectivity index (χ0) is 29.0. The number of nitrogens with one attached hydrogen (secondary N) is 1. The summed E-state index contributed by atoms with van der Waals surface area (Å²) in [7, 11) is -3.64. The van der Waals surface area contributed by atoms with Crippen molar-refractivity contribution in [1.82, 2.24) is 10.2 Å². The molecular weight excluding hydrogens is 526 g/mol. The summed E-state index contributed by atoms with van der Waals surface area (Å²) in [6.07, 6.45) is 1.85. The van der Waals surface area contributed by atoms with Crippen LogP contribution < -0.4 is 14.4 Å². The quantitative estimate of drug-likeness (QED) is 0.295. The Hall–Kier alpha value is -3.85. The second-order valence-corrected chi connectivity index (χ2v) is 11.4. The Kier molecular flexibility index (Phi) is 11.6. The Morgan fingerprint density at radius 2 is 1.48 bits per heavy atom. The van der Waals surface area contributed by atoms with Crippen LogP contribution in [-0.2, 0) is 32.6 Å². The molecule has 0 aliphatic heterocycles. The number of benzene rings is 3. The van der Waals surface area contributed by atoms with Crippen molar-refractivity contribution < 1.29 is 22.7 Å². The van der Waals surface area contributed by atoms with Crippen molar-refractivity contribution >= 4 is 27.5 Å². The molecule has 0 saturated carbocycles. The van der Waals surface area contributed by atoms with Gasteiger partial charge in [0.15, 0.2) is 0 Å². The molecule has 2 amide bonds. The summed E-state index contributed by atoms with van der Waals surface area (Å²) in [5, 5.41) is 2.89. The van der Waals surface area contributed by atoms with Crippen LogP contribution in [0.1, 0.15) is 37.8 Å². The predicted molar refractivity (Wildman–Crippen MR) is 159 cm³/mol. The lowest BCUT2D eigenvalue weighted by Gasteiger charge is -2.32. The number of likely N-dealkylation sites (N-methyl/N-ethyl adjacent to an activating group) is 1. The summed E-state index contributed by atoms with van der Waals surface area (Å²) in [5.41, 5.74) is 2.28. The van der Waals surface area contributed by atoms with Gasteiger partial charge in [-0.05, 0) is 43.5 Å². The topological polar surface area (TPSA) is 96.0 Å². The first-order chi connectivity index (χ1) is 19.2. The summed E-state index contributed by atoms with van der Waals surface area (Å²) in [5.74, 6) is 0.0215. The maximum absolute atomic E-state index is 13.8. The molecule has 0 bridgehead atoms. The van der Waals surface area contributed by atoms with E-state index in [1.165, 1.54) is 4.31 Å². The SMILES string of the molecule is CCNC(=O)[C@H](Cc1ccccc1)N(Cc1ccccc1)C(=O)CCCN(c1ccccc1OCC)S(C)(=O)=O. The second-order valence-electron chi connectivity index (χ2n) is 9.45. The van der Waals surface area contributed by atoms with Crippen LogP contribution in [0.5, 0.6) is 5.75 Å². The highest BCUT2D eigenvalue weighted by Gasteiger charge is 2.30. The lowest BCUT2D eigenvalue weighted by Crippen LogP contribution is -2.50. The number of hydrogen-bond donors (Lipinski definition) is 1. The van der Waals surface area contributed by atoms with E-state index in [4.69, 9.17) is 4.74 Å². The average Bonchev–Trinajstić information content (AvgIpc) is 2.94. The third kappa shape index (κ3) is 8.84. The van der Waals surface area contributed by atoms with Gasteiger partial charge in [-0.15, -0.1) is 0 Å². The second kappa shape index (κ2) is 15.1. The van der Waals surface area contributed by atoms with Gasteiger partial charge in [-0.2, -0.15) is 0 Å². The fraction of sp³-hybridized carbons (Fsp3) is 0.355. The molecule has 1 atom stereocenters. The molecule has 8 nitrogen and oxygen atoms in total. The molecule has 0 aromatic heterocycles. The molecule has 0 fully saturated rings. The van der Waals surface area contributed by atoms with Crippen LogP contribution in [0.4, 0.5) is 5.69 Å². The Labute approximate surface area is 238 Å². The van der Waals surface area contributed by atoms with E-state index in [1.807, 2.05) is 74.5 Å². The molecule has 0 aliphatic carbocycles. The van der Waals surface area contributed by atoms with Gasteiger partial charge >= 0.3 is 0 Å². The van der Waals surface area contributed by atoms with Crippen LogP contribution in [0, 0.1) is 0 Å². The molecule has 3 aromatic rings. The van der Waals surface area contributed by atoms with E-state index < -0.39 is 16.1 Å². The summed E-state index contributed by atoms with van der Waals surface area (Å²) in [6, 6.07) is 25.4. The van der Waals surface area contributed by atoms with Gasteiger partial charge in [0.1, 0.15) is 11.8 Å². The molecule has 0 radical (unpaired) electrons. The smallest absolute Gasteiger partial charge is 0.243 e. The van der Waals surface area contributed by atoms with Gasteiger partial charge in [-0.1, -0.05) is 72.8 Å². The van der Waals surface area contributed by atoms with Crippen LogP contribution in [0.3, 0.4) is 0 Å². The van der Waals surface area contributed by atoms with Gasteiger partial charge in [-0.25, -0.2) is 8.42 Å². The monoisotopic (exact) mass is 565 g/mol. The van der Waals surface area contributed by atoms with Crippen molar-refractivity contribution in [2.24, 2.45) is 0 Å². The minimum Gasteiger partial charge on any atom is -0.492 e. The van der Waals surface area contributed by atoms with Gasteiger partial charge in [0, 0.05) is 32.5 Å². The number of rotatable bonds is 15. The first kappa shape index (κ1) is 30.7. The molecule has 3 rings (SSSR count). The van der Waals surface area contributed by atoms with E-state index in [9.17, 15) is 18.0 Å². The molecule has 0 spiro atoms. The minimum absolute atomic E-state index is 0.0698. The van der Waals surface area contributed by atoms with Crippen molar-refractivity contribution in [1.29, 1.82) is 0 Å². The number of para-hydroxylation sites is 2. The van der Waals surface area contributed by atoms with E-state index >= 15 is 0 Å². The molecular formula is C31H39N3O5S. The van der Waals surface area contributed by atoms with Crippen LogP contribution in [-0.4, -0.2) is 57.1 Å². The lowest BCUT2D eigenvalue weighted by molar-refractivity contribution is -0.141. The van der Waals surface area contributed by atoms with Crippen molar-refractivity contribution in [2.75, 3.05) is 30.3 Å². The summed E-state index contributed by atoms with van der Waals surface area (Å²) < 4.78 is 32.4. The summed E-state index contributed by atoms with van der Waals surface area (Å²) in [6.45, 7) is 4.88. The molecule has 0 aliphatic rings. The Balaban J connectivity index is 1.85. The van der Waals surface area contributed by atoms with Gasteiger partial charge in [-0.3, -0.25) is 13.9 Å². The number of anilines is 1. The Morgan fingerprint density at radius 1 is 0.875 bits per heavy atom. The number of sulfonamides is 1. The Bertz CT molecular complexity index is 1330. The number of carbonyl (C=O) groups excluding carboxylic acids is 2. The van der Waals surface area contributed by atoms with Gasteiger partial charge in [0.05, 0.1) is 18.6 Å². The number of carbonyl (C=O) groups is 2. The number of amides is 2. The van der Waals surface area contributed by atoms with Gasteiger partial charge < -0.3 is 15.0 Å². The molecule has 40 heavy (non-hydrogen) atoms. The summed E-state index contributed by atoms with van der Waals surface area (Å²) >= 11 is 0. The molecule has 1 N–H and O–H groups in total. The molecule has 0 heterocycles. The highest BCUT2D eigenvalue weighted by Crippen LogP contribution is 2.30. The van der Waals surface area contributed by atoms with Crippen molar-refractivity contribution in [2.45, 2.75) is 45.7 Å². The van der Waals surface area contributed by atoms with Crippen LogP contribution in [0.25, 0.3) is 0 Å². The highest BCUT2D eigenvalue weighted by atomic mass is 32.2. The van der Waals surface area contributed by atoms with Crippen LogP contribution in [0.2, 0.25) is 0 Å². The molecule has 0 saturated heterocycles. The first-order valence-electron chi connectivity index (χ1n) is 13.6. The van der Waals surface area contributed by atoms with E-state index in [0.29, 0.717) is 31.0 Å². The zero-order valence-electron chi connectivity index (χ0n) is 23.5. The standard InChI is InChI=1S/C31H39N3O5S/c1-4-32-31(36)28(23-25-15-8-6-9-16-25)33(24-26-17-10-7-11-18-26)30(35)21-14-22-34(40(3,37)38)27-19-12-13-20-29(27)39-5-2/h6-13,15-20,28H,4-5,14,21-24H2,1-3H3,(H,32,36)/t28-/m0/s1. The molecule has 3 aromatic carbocycles. The van der Waals surface area contributed by atoms with Crippen molar-refractivity contribution in [3.05, 3.63) is 96.1 Å². The van der Waals surface area contributed by atoms with E-state index in [0.717, 1.165) is 17.4 Å². The third-order valence-electron chi connectivity index (χ3n) is 6.40. The first-order valence-corrected chi connectivity index (χ1v) is 15.4. The van der Waals surface area contributed by atoms with E-state index in [2.05, 4.69) is 5.32 Å². The molecule has 9 heteroatoms. The maximum Gasteiger partial charge on any atom is 0.243 e. The third-order valence-corrected chi connectivity index (χ3v) is 7.58. The fourth-order valence-electron chi connectivity index (χ4n) is 4.55. The lowest BCUT2D eigenvalue weighted by atomic mass is 10.0. The average molecular weight is 566 g/mol. The van der Waals surface area contributed by atoms with Crippen molar-refractivity contribution in [3.8, 4) is 5.75 Å². The minimum atomic E-state index is -3.64. The van der Waals surface area contributed by atoms with Crippen LogP contribution >= 0.6 is 0 Å². The predicted octanol–water partition coefficient (Wildman–Crippen LogP) is 4.41. The number of hydrogen-bond acceptors (Lipinski definition) is 5. The van der Waals surface area contributed by atoms with Gasteiger partial charge in [0.2, 0.25) is 21.8 Å². The van der Waals surface area contributed by atoms with E-state index in [-0.39, 0.29) is 37.7 Å². The normalized spacial score (nSPS) is 11.9. The maximum atomic E-state index is 13.8. The largest absolute Gasteiger partial charge is 0.492 e. The van der Waals surface area contributed by atoms with Crippen molar-refractivity contribution in [3.63, 3.8) is 0 Å². The molecule has 0 unspecified atom stereocenters. The van der Waals surface area contributed by atoms with Gasteiger partial charge in [0.25, 0.3) is 0 Å².